The summed E-state index contributed by atoms with van der Waals surface area (Å²) < 4.78 is 25.0. The fraction of sp³-hybridized carbons (Fsp3) is 0.176. The van der Waals surface area contributed by atoms with Crippen LogP contribution in [0.1, 0.15) is 12.5 Å². The predicted octanol–water partition coefficient (Wildman–Crippen LogP) is 3.52. The topological polar surface area (TPSA) is 59.9 Å². The molecule has 7 heteroatoms. The van der Waals surface area contributed by atoms with Gasteiger partial charge in [0.25, 0.3) is 5.91 Å². The van der Waals surface area contributed by atoms with E-state index in [1.54, 1.807) is 30.3 Å². The van der Waals surface area contributed by atoms with E-state index in [-0.39, 0.29) is 12.2 Å². The smallest absolute Gasteiger partial charge is 0.277 e. The minimum absolute atomic E-state index is 0.234. The minimum atomic E-state index is -0.465. The lowest BCUT2D eigenvalue weighted by Gasteiger charge is -2.10. The largest absolute Gasteiger partial charge is 0.490 e. The predicted molar refractivity (Wildman–Crippen MR) is 92.9 cm³/mol. The lowest BCUT2D eigenvalue weighted by Crippen LogP contribution is -2.24. The second-order valence-electron chi connectivity index (χ2n) is 4.63. The van der Waals surface area contributed by atoms with Crippen LogP contribution in [0.4, 0.5) is 4.39 Å². The van der Waals surface area contributed by atoms with Crippen molar-refractivity contribution in [2.45, 2.75) is 6.92 Å². The highest BCUT2D eigenvalue weighted by Gasteiger charge is 2.07. The fourth-order valence-electron chi connectivity index (χ4n) is 1.81. The van der Waals surface area contributed by atoms with Crippen LogP contribution < -0.4 is 14.9 Å². The van der Waals surface area contributed by atoms with E-state index < -0.39 is 11.7 Å². The van der Waals surface area contributed by atoms with Crippen molar-refractivity contribution in [1.29, 1.82) is 0 Å². The molecule has 2 aromatic carbocycles. The number of benzene rings is 2. The molecular weight excluding hydrogens is 379 g/mol. The van der Waals surface area contributed by atoms with Crippen LogP contribution in [-0.4, -0.2) is 25.3 Å². The second-order valence-corrected chi connectivity index (χ2v) is 5.54. The molecule has 0 saturated carbocycles. The number of nitrogens with zero attached hydrogens (tertiary/aromatic N) is 1. The van der Waals surface area contributed by atoms with Gasteiger partial charge in [-0.1, -0.05) is 28.1 Å². The maximum atomic E-state index is 13.5. The Labute approximate surface area is 147 Å². The van der Waals surface area contributed by atoms with E-state index in [2.05, 4.69) is 26.5 Å². The molecule has 0 spiro atoms. The zero-order chi connectivity index (χ0) is 17.4. The summed E-state index contributed by atoms with van der Waals surface area (Å²) in [5, 5.41) is 3.72. The molecule has 2 aromatic rings. The fourth-order valence-corrected chi connectivity index (χ4v) is 2.19. The summed E-state index contributed by atoms with van der Waals surface area (Å²) in [6.07, 6.45) is 1.23. The van der Waals surface area contributed by atoms with Gasteiger partial charge in [0.2, 0.25) is 0 Å². The van der Waals surface area contributed by atoms with Gasteiger partial charge in [-0.25, -0.2) is 9.82 Å². The van der Waals surface area contributed by atoms with E-state index in [0.717, 1.165) is 0 Å². The minimum Gasteiger partial charge on any atom is -0.490 e. The van der Waals surface area contributed by atoms with E-state index in [9.17, 15) is 9.18 Å². The van der Waals surface area contributed by atoms with Crippen molar-refractivity contribution in [1.82, 2.24) is 5.43 Å². The van der Waals surface area contributed by atoms with Crippen molar-refractivity contribution in [2.24, 2.45) is 5.10 Å². The Kier molecular flexibility index (Phi) is 6.74. The van der Waals surface area contributed by atoms with Gasteiger partial charge in [0.05, 0.1) is 12.8 Å². The third kappa shape index (κ3) is 5.34. The molecule has 5 nitrogen and oxygen atoms in total. The summed E-state index contributed by atoms with van der Waals surface area (Å²) >= 11 is 3.24. The Hall–Kier alpha value is -2.41. The van der Waals surface area contributed by atoms with Crippen LogP contribution in [-0.2, 0) is 4.79 Å². The molecule has 2 rings (SSSR count). The van der Waals surface area contributed by atoms with Crippen molar-refractivity contribution < 1.29 is 18.7 Å². The zero-order valence-corrected chi connectivity index (χ0v) is 14.5. The molecule has 0 atom stereocenters. The number of ether oxygens (including phenoxy) is 2. The Bertz CT molecular complexity index is 738. The van der Waals surface area contributed by atoms with Gasteiger partial charge in [-0.05, 0) is 37.3 Å². The molecule has 0 aromatic heterocycles. The molecule has 24 heavy (non-hydrogen) atoms. The van der Waals surface area contributed by atoms with E-state index in [1.807, 2.05) is 13.0 Å². The Morgan fingerprint density at radius 2 is 1.96 bits per heavy atom. The zero-order valence-electron chi connectivity index (χ0n) is 13.0. The maximum absolute atomic E-state index is 13.5. The first-order chi connectivity index (χ1) is 11.6. The molecule has 0 aliphatic carbocycles. The summed E-state index contributed by atoms with van der Waals surface area (Å²) in [6.45, 7) is 2.12. The van der Waals surface area contributed by atoms with Gasteiger partial charge in [0, 0.05) is 10.0 Å². The average molecular weight is 395 g/mol. The number of amides is 1. The standard InChI is InChI=1S/C17H16BrFN2O3/c1-2-23-15-5-3-4-6-16(15)24-11-17(22)21-20-10-12-9-13(18)7-8-14(12)19/h3-10H,2,11H2,1H3,(H,21,22)/b20-10+. The van der Waals surface area contributed by atoms with Gasteiger partial charge in [0.15, 0.2) is 18.1 Å². The second kappa shape index (κ2) is 9.02. The summed E-state index contributed by atoms with van der Waals surface area (Å²) in [5.41, 5.74) is 2.54. The SMILES string of the molecule is CCOc1ccccc1OCC(=O)N/N=C/c1cc(Br)ccc1F. The molecule has 0 aliphatic heterocycles. The summed E-state index contributed by atoms with van der Waals surface area (Å²) in [7, 11) is 0. The molecule has 0 unspecified atom stereocenters. The maximum Gasteiger partial charge on any atom is 0.277 e. The molecule has 0 fully saturated rings. The van der Waals surface area contributed by atoms with Crippen LogP contribution >= 0.6 is 15.9 Å². The van der Waals surface area contributed by atoms with Gasteiger partial charge in [-0.2, -0.15) is 5.10 Å². The quantitative estimate of drug-likeness (QED) is 0.577. The molecule has 0 heterocycles. The number of nitrogens with one attached hydrogen (secondary N) is 1. The number of hydrogen-bond acceptors (Lipinski definition) is 4. The van der Waals surface area contributed by atoms with Crippen LogP contribution in [0.3, 0.4) is 0 Å². The monoisotopic (exact) mass is 394 g/mol. The van der Waals surface area contributed by atoms with Crippen molar-refractivity contribution in [3.8, 4) is 11.5 Å². The number of rotatable bonds is 7. The Morgan fingerprint density at radius 3 is 2.67 bits per heavy atom. The average Bonchev–Trinajstić information content (AvgIpc) is 2.57. The first kappa shape index (κ1) is 17.9. The highest BCUT2D eigenvalue weighted by atomic mass is 79.9. The molecule has 126 valence electrons. The highest BCUT2D eigenvalue weighted by molar-refractivity contribution is 9.10. The van der Waals surface area contributed by atoms with Gasteiger partial charge < -0.3 is 9.47 Å². The summed E-state index contributed by atoms with van der Waals surface area (Å²) in [6, 6.07) is 11.5. The first-order valence-corrected chi connectivity index (χ1v) is 8.01. The number of carbonyl (C=O) groups excluding carboxylic acids is 1. The van der Waals surface area contributed by atoms with Gasteiger partial charge >= 0.3 is 0 Å². The lowest BCUT2D eigenvalue weighted by atomic mass is 10.2. The number of para-hydroxylation sites is 2. The van der Waals surface area contributed by atoms with Crippen molar-refractivity contribution in [3.63, 3.8) is 0 Å². The van der Waals surface area contributed by atoms with Crippen molar-refractivity contribution in [3.05, 3.63) is 58.3 Å². The molecule has 1 amide bonds. The van der Waals surface area contributed by atoms with Gasteiger partial charge in [-0.15, -0.1) is 0 Å². The van der Waals surface area contributed by atoms with E-state index in [4.69, 9.17) is 9.47 Å². The van der Waals surface area contributed by atoms with Crippen molar-refractivity contribution >= 4 is 28.1 Å². The molecule has 0 bridgehead atoms. The van der Waals surface area contributed by atoms with E-state index >= 15 is 0 Å². The summed E-state index contributed by atoms with van der Waals surface area (Å²) in [5.74, 6) is 0.134. The Balaban J connectivity index is 1.88. The number of halogens is 2. The van der Waals surface area contributed by atoms with Crippen molar-refractivity contribution in [2.75, 3.05) is 13.2 Å². The molecule has 0 radical (unpaired) electrons. The Morgan fingerprint density at radius 1 is 1.25 bits per heavy atom. The highest BCUT2D eigenvalue weighted by Crippen LogP contribution is 2.26. The van der Waals surface area contributed by atoms with Crippen LogP contribution in [0.2, 0.25) is 0 Å². The number of hydrogen-bond donors (Lipinski definition) is 1. The van der Waals surface area contributed by atoms with Gasteiger partial charge in [0.1, 0.15) is 5.82 Å². The van der Waals surface area contributed by atoms with E-state index in [1.165, 1.54) is 12.3 Å². The molecular formula is C17H16BrFN2O3. The van der Waals surface area contributed by atoms with Crippen LogP contribution in [0.25, 0.3) is 0 Å². The normalized spacial score (nSPS) is 10.6. The summed E-state index contributed by atoms with van der Waals surface area (Å²) in [4.78, 5) is 11.7. The van der Waals surface area contributed by atoms with Crippen LogP contribution in [0.15, 0.2) is 52.0 Å². The number of carbonyl (C=O) groups is 1. The molecule has 0 aliphatic rings. The van der Waals surface area contributed by atoms with E-state index in [0.29, 0.717) is 22.6 Å². The number of hydrazone groups is 1. The molecule has 0 saturated heterocycles. The van der Waals surface area contributed by atoms with Crippen LogP contribution in [0.5, 0.6) is 11.5 Å². The van der Waals surface area contributed by atoms with Gasteiger partial charge in [-0.3, -0.25) is 4.79 Å². The third-order valence-corrected chi connectivity index (χ3v) is 3.35. The first-order valence-electron chi connectivity index (χ1n) is 7.21. The molecule has 1 N–H and O–H groups in total. The van der Waals surface area contributed by atoms with Crippen LogP contribution in [0, 0.1) is 5.82 Å². The lowest BCUT2D eigenvalue weighted by molar-refractivity contribution is -0.123. The third-order valence-electron chi connectivity index (χ3n) is 2.86.